The minimum absolute atomic E-state index is 0.0462. The average molecular weight is 550 g/mol. The summed E-state index contributed by atoms with van der Waals surface area (Å²) in [6.45, 7) is 10.6. The van der Waals surface area contributed by atoms with Gasteiger partial charge in [0.2, 0.25) is 0 Å². The number of benzene rings is 1. The molecule has 0 aromatic heterocycles. The molecule has 220 valence electrons. The Labute approximate surface area is 233 Å². The Bertz CT molecular complexity index is 933. The molecule has 0 spiro atoms. The number of hydrogen-bond acceptors (Lipinski definition) is 2. The highest BCUT2D eigenvalue weighted by Crippen LogP contribution is 2.50. The Kier molecular flexibility index (Phi) is 9.45. The van der Waals surface area contributed by atoms with E-state index in [1.807, 2.05) is 0 Å². The zero-order valence-electron chi connectivity index (χ0n) is 24.5. The normalized spacial score (nSPS) is 28.5. The number of carboxylic acids is 1. The smallest absolute Gasteiger partial charge is 0.416 e. The van der Waals surface area contributed by atoms with E-state index in [4.69, 9.17) is 0 Å². The van der Waals surface area contributed by atoms with Crippen molar-refractivity contribution in [3.05, 3.63) is 35.4 Å². The van der Waals surface area contributed by atoms with Gasteiger partial charge < -0.3 is 5.11 Å². The van der Waals surface area contributed by atoms with Gasteiger partial charge in [-0.05, 0) is 97.8 Å². The van der Waals surface area contributed by atoms with E-state index in [0.717, 1.165) is 50.1 Å². The highest BCUT2D eigenvalue weighted by atomic mass is 19.4. The van der Waals surface area contributed by atoms with E-state index in [0.29, 0.717) is 6.04 Å². The van der Waals surface area contributed by atoms with Crippen LogP contribution < -0.4 is 0 Å². The molecule has 0 amide bonds. The molecule has 6 heteroatoms. The SMILES string of the molecule is CC1(C)CC(N(CCC2CCCCC2)[C@@H]2CC[C@@H](CC(=O)O)C[C@H]2c2ccc(C(F)(F)F)cc2)CC(C)(C)C1. The Balaban J connectivity index is 1.66. The predicted octanol–water partition coefficient (Wildman–Crippen LogP) is 9.31. The summed E-state index contributed by atoms with van der Waals surface area (Å²) in [6, 6.07) is 6.42. The highest BCUT2D eigenvalue weighted by Gasteiger charge is 2.45. The lowest BCUT2D eigenvalue weighted by atomic mass is 9.62. The van der Waals surface area contributed by atoms with Crippen molar-refractivity contribution in [1.29, 1.82) is 0 Å². The molecule has 1 N–H and O–H groups in total. The van der Waals surface area contributed by atoms with E-state index in [2.05, 4.69) is 32.6 Å². The van der Waals surface area contributed by atoms with Crippen molar-refractivity contribution in [2.24, 2.45) is 22.7 Å². The molecule has 1 aromatic rings. The lowest BCUT2D eigenvalue weighted by Crippen LogP contribution is -2.53. The number of hydrogen-bond donors (Lipinski definition) is 1. The van der Waals surface area contributed by atoms with E-state index < -0.39 is 17.7 Å². The number of nitrogens with zero attached hydrogens (tertiary/aromatic N) is 1. The van der Waals surface area contributed by atoms with E-state index >= 15 is 0 Å². The fourth-order valence-electron chi connectivity index (χ4n) is 8.80. The summed E-state index contributed by atoms with van der Waals surface area (Å²) in [4.78, 5) is 14.4. The van der Waals surface area contributed by atoms with Crippen LogP contribution in [0.4, 0.5) is 13.2 Å². The van der Waals surface area contributed by atoms with Gasteiger partial charge >= 0.3 is 12.1 Å². The molecule has 3 atom stereocenters. The summed E-state index contributed by atoms with van der Waals surface area (Å²) < 4.78 is 40.1. The van der Waals surface area contributed by atoms with Crippen molar-refractivity contribution in [1.82, 2.24) is 4.90 Å². The summed E-state index contributed by atoms with van der Waals surface area (Å²) in [7, 11) is 0. The standard InChI is InChI=1S/C33H50F3NO2/c1-31(2)20-27(21-32(3,4)22-31)37(17-16-23-8-6-5-7-9-23)29-15-10-24(19-30(38)39)18-28(29)25-11-13-26(14-12-25)33(34,35)36/h11-14,23-24,27-29H,5-10,15-22H2,1-4H3,(H,38,39)/t24-,28+,29-/m1/s1. The molecule has 39 heavy (non-hydrogen) atoms. The Morgan fingerprint density at radius 1 is 0.923 bits per heavy atom. The first-order chi connectivity index (χ1) is 18.2. The third kappa shape index (κ3) is 8.24. The Morgan fingerprint density at radius 3 is 2.10 bits per heavy atom. The van der Waals surface area contributed by atoms with Gasteiger partial charge in [-0.2, -0.15) is 13.2 Å². The van der Waals surface area contributed by atoms with Crippen molar-refractivity contribution in [3.63, 3.8) is 0 Å². The molecule has 0 saturated heterocycles. The van der Waals surface area contributed by atoms with Gasteiger partial charge in [0.25, 0.3) is 0 Å². The van der Waals surface area contributed by atoms with Crippen molar-refractivity contribution >= 4 is 5.97 Å². The molecule has 0 aliphatic heterocycles. The lowest BCUT2D eigenvalue weighted by Gasteiger charge is -2.53. The third-order valence-electron chi connectivity index (χ3n) is 10.0. The van der Waals surface area contributed by atoms with Crippen LogP contribution in [0.2, 0.25) is 0 Å². The summed E-state index contributed by atoms with van der Waals surface area (Å²) >= 11 is 0. The van der Waals surface area contributed by atoms with Gasteiger partial charge in [0.15, 0.2) is 0 Å². The van der Waals surface area contributed by atoms with E-state index in [-0.39, 0.29) is 35.1 Å². The topological polar surface area (TPSA) is 40.5 Å². The fourth-order valence-corrected chi connectivity index (χ4v) is 8.80. The minimum Gasteiger partial charge on any atom is -0.481 e. The molecule has 0 radical (unpaired) electrons. The first-order valence-corrected chi connectivity index (χ1v) is 15.4. The molecule has 0 bridgehead atoms. The van der Waals surface area contributed by atoms with Crippen LogP contribution in [0.1, 0.15) is 128 Å². The highest BCUT2D eigenvalue weighted by molar-refractivity contribution is 5.67. The number of alkyl halides is 3. The van der Waals surface area contributed by atoms with Gasteiger partial charge in [-0.25, -0.2) is 0 Å². The lowest BCUT2D eigenvalue weighted by molar-refractivity contribution is -0.139. The zero-order chi connectivity index (χ0) is 28.4. The summed E-state index contributed by atoms with van der Waals surface area (Å²) in [5.41, 5.74) is 0.783. The van der Waals surface area contributed by atoms with Crippen LogP contribution >= 0.6 is 0 Å². The van der Waals surface area contributed by atoms with E-state index in [1.54, 1.807) is 12.1 Å². The number of carbonyl (C=O) groups is 1. The molecule has 0 unspecified atom stereocenters. The second-order valence-corrected chi connectivity index (χ2v) is 14.7. The molecule has 3 nitrogen and oxygen atoms in total. The van der Waals surface area contributed by atoms with E-state index in [1.165, 1.54) is 57.1 Å². The van der Waals surface area contributed by atoms with Gasteiger partial charge in [0.05, 0.1) is 5.56 Å². The largest absolute Gasteiger partial charge is 0.481 e. The maximum absolute atomic E-state index is 13.4. The van der Waals surface area contributed by atoms with Gasteiger partial charge in [0, 0.05) is 18.5 Å². The van der Waals surface area contributed by atoms with Crippen LogP contribution in [0.15, 0.2) is 24.3 Å². The van der Waals surface area contributed by atoms with Crippen molar-refractivity contribution < 1.29 is 23.1 Å². The zero-order valence-corrected chi connectivity index (χ0v) is 24.5. The van der Waals surface area contributed by atoms with Gasteiger partial charge in [-0.15, -0.1) is 0 Å². The van der Waals surface area contributed by atoms with E-state index in [9.17, 15) is 23.1 Å². The fraction of sp³-hybridized carbons (Fsp3) is 0.788. The average Bonchev–Trinajstić information content (AvgIpc) is 2.83. The maximum Gasteiger partial charge on any atom is 0.416 e. The van der Waals surface area contributed by atoms with Crippen molar-refractivity contribution in [3.8, 4) is 0 Å². The van der Waals surface area contributed by atoms with Crippen molar-refractivity contribution in [2.75, 3.05) is 6.54 Å². The number of aliphatic carboxylic acids is 1. The molecular weight excluding hydrogens is 499 g/mol. The summed E-state index contributed by atoms with van der Waals surface area (Å²) in [5.74, 6) is 0.0867. The van der Waals surface area contributed by atoms with Gasteiger partial charge in [-0.3, -0.25) is 9.69 Å². The summed E-state index contributed by atoms with van der Waals surface area (Å²) in [5, 5.41) is 9.54. The second-order valence-electron chi connectivity index (χ2n) is 14.7. The summed E-state index contributed by atoms with van der Waals surface area (Å²) in [6.07, 6.45) is 9.53. The number of rotatable bonds is 8. The van der Waals surface area contributed by atoms with Crippen LogP contribution in [0, 0.1) is 22.7 Å². The van der Waals surface area contributed by atoms with Crippen molar-refractivity contribution in [2.45, 2.75) is 135 Å². The third-order valence-corrected chi connectivity index (χ3v) is 10.0. The Hall–Kier alpha value is -1.56. The van der Waals surface area contributed by atoms with Crippen LogP contribution in [0.25, 0.3) is 0 Å². The molecule has 3 saturated carbocycles. The maximum atomic E-state index is 13.4. The number of carboxylic acid groups (broad SMARTS) is 1. The number of halogens is 3. The first-order valence-electron chi connectivity index (χ1n) is 15.4. The molecule has 4 rings (SSSR count). The van der Waals surface area contributed by atoms with Crippen LogP contribution in [-0.2, 0) is 11.0 Å². The quantitative estimate of drug-likeness (QED) is 0.351. The molecule has 3 fully saturated rings. The molecule has 1 aromatic carbocycles. The predicted molar refractivity (Wildman–Crippen MR) is 151 cm³/mol. The first kappa shape index (κ1) is 30.4. The van der Waals surface area contributed by atoms with Crippen LogP contribution in [-0.4, -0.2) is 34.6 Å². The monoisotopic (exact) mass is 549 g/mol. The van der Waals surface area contributed by atoms with Gasteiger partial charge in [-0.1, -0.05) is 71.9 Å². The minimum atomic E-state index is -4.36. The van der Waals surface area contributed by atoms with Crippen LogP contribution in [0.5, 0.6) is 0 Å². The molecular formula is C33H50F3NO2. The Morgan fingerprint density at radius 2 is 1.54 bits per heavy atom. The molecule has 0 heterocycles. The van der Waals surface area contributed by atoms with Crippen LogP contribution in [0.3, 0.4) is 0 Å². The van der Waals surface area contributed by atoms with Gasteiger partial charge in [0.1, 0.15) is 0 Å². The molecule has 3 aliphatic carbocycles. The second kappa shape index (κ2) is 12.1. The molecule has 3 aliphatic rings.